The average Bonchev–Trinajstić information content (AvgIpc) is 3.21. The highest BCUT2D eigenvalue weighted by atomic mass is 19.1. The Morgan fingerprint density at radius 1 is 1.26 bits per heavy atom. The molecule has 0 aliphatic heterocycles. The standard InChI is InChI=1S/C14H18FN3O/c15-10-6-11(16)9(14(17)19)5-12(10)18-13(7-1-2-7)8-3-4-8/h5-8,13,18H,1-4,16H2,(H2,17,19). The largest absolute Gasteiger partial charge is 0.398 e. The summed E-state index contributed by atoms with van der Waals surface area (Å²) in [5.41, 5.74) is 11.4. The highest BCUT2D eigenvalue weighted by Gasteiger charge is 2.41. The van der Waals surface area contributed by atoms with Crippen LogP contribution in [0.2, 0.25) is 0 Å². The van der Waals surface area contributed by atoms with Gasteiger partial charge in [-0.3, -0.25) is 4.79 Å². The number of anilines is 2. The molecular formula is C14H18FN3O. The van der Waals surface area contributed by atoms with Crippen molar-refractivity contribution in [2.24, 2.45) is 17.6 Å². The predicted molar refractivity (Wildman–Crippen MR) is 72.2 cm³/mol. The molecule has 1 aromatic carbocycles. The third kappa shape index (κ3) is 2.50. The van der Waals surface area contributed by atoms with E-state index in [4.69, 9.17) is 11.5 Å². The minimum absolute atomic E-state index is 0.0879. The van der Waals surface area contributed by atoms with Crippen LogP contribution in [0.25, 0.3) is 0 Å². The zero-order chi connectivity index (χ0) is 13.6. The second kappa shape index (κ2) is 4.40. The number of nitrogen functional groups attached to an aromatic ring is 1. The van der Waals surface area contributed by atoms with Crippen LogP contribution in [0.15, 0.2) is 12.1 Å². The summed E-state index contributed by atoms with van der Waals surface area (Å²) in [6.07, 6.45) is 4.81. The minimum Gasteiger partial charge on any atom is -0.398 e. The van der Waals surface area contributed by atoms with E-state index in [1.165, 1.54) is 37.8 Å². The van der Waals surface area contributed by atoms with Gasteiger partial charge in [0.15, 0.2) is 0 Å². The lowest BCUT2D eigenvalue weighted by molar-refractivity contribution is 0.100. The number of benzene rings is 1. The van der Waals surface area contributed by atoms with Crippen molar-refractivity contribution in [1.82, 2.24) is 0 Å². The van der Waals surface area contributed by atoms with Gasteiger partial charge in [0.1, 0.15) is 5.82 Å². The normalized spacial score (nSPS) is 18.6. The van der Waals surface area contributed by atoms with Crippen LogP contribution in [-0.2, 0) is 0 Å². The monoisotopic (exact) mass is 263 g/mol. The molecule has 0 heterocycles. The zero-order valence-corrected chi connectivity index (χ0v) is 10.7. The Kier molecular flexibility index (Phi) is 2.84. The molecule has 3 rings (SSSR count). The minimum atomic E-state index is -0.630. The van der Waals surface area contributed by atoms with Crippen molar-refractivity contribution in [2.45, 2.75) is 31.7 Å². The molecule has 0 aromatic heterocycles. The lowest BCUT2D eigenvalue weighted by atomic mass is 10.1. The van der Waals surface area contributed by atoms with E-state index in [2.05, 4.69) is 5.32 Å². The van der Waals surface area contributed by atoms with Crippen LogP contribution in [0.3, 0.4) is 0 Å². The summed E-state index contributed by atoms with van der Waals surface area (Å²) in [5.74, 6) is 0.228. The van der Waals surface area contributed by atoms with Gasteiger partial charge in [0.05, 0.1) is 11.3 Å². The van der Waals surface area contributed by atoms with Gasteiger partial charge in [-0.15, -0.1) is 0 Å². The lowest BCUT2D eigenvalue weighted by Crippen LogP contribution is -2.25. The van der Waals surface area contributed by atoms with Gasteiger partial charge in [-0.25, -0.2) is 4.39 Å². The van der Waals surface area contributed by atoms with E-state index >= 15 is 0 Å². The summed E-state index contributed by atoms with van der Waals surface area (Å²) < 4.78 is 13.9. The van der Waals surface area contributed by atoms with Crippen LogP contribution >= 0.6 is 0 Å². The molecule has 4 nitrogen and oxygen atoms in total. The second-order valence-electron chi connectivity index (χ2n) is 5.63. The van der Waals surface area contributed by atoms with Crippen molar-refractivity contribution in [2.75, 3.05) is 11.1 Å². The van der Waals surface area contributed by atoms with Gasteiger partial charge in [0, 0.05) is 11.7 Å². The fourth-order valence-electron chi connectivity index (χ4n) is 2.62. The number of hydrogen-bond donors (Lipinski definition) is 3. The molecule has 0 atom stereocenters. The molecule has 2 aliphatic carbocycles. The van der Waals surface area contributed by atoms with Crippen molar-refractivity contribution in [3.63, 3.8) is 0 Å². The first-order valence-electron chi connectivity index (χ1n) is 6.71. The quantitative estimate of drug-likeness (QED) is 0.712. The fraction of sp³-hybridized carbons (Fsp3) is 0.500. The SMILES string of the molecule is NC(=O)c1cc(NC(C2CC2)C2CC2)c(F)cc1N. The number of rotatable bonds is 5. The maximum Gasteiger partial charge on any atom is 0.250 e. The highest BCUT2D eigenvalue weighted by Crippen LogP contribution is 2.46. The van der Waals surface area contributed by atoms with Gasteiger partial charge in [-0.2, -0.15) is 0 Å². The van der Waals surface area contributed by atoms with Crippen LogP contribution in [0, 0.1) is 17.7 Å². The van der Waals surface area contributed by atoms with Crippen LogP contribution in [-0.4, -0.2) is 11.9 Å². The number of nitrogens with one attached hydrogen (secondary N) is 1. The van der Waals surface area contributed by atoms with Crippen molar-refractivity contribution in [3.8, 4) is 0 Å². The van der Waals surface area contributed by atoms with E-state index in [0.717, 1.165) is 0 Å². The number of hydrogen-bond acceptors (Lipinski definition) is 3. The molecule has 0 bridgehead atoms. The number of primary amides is 1. The Hall–Kier alpha value is -1.78. The van der Waals surface area contributed by atoms with Gasteiger partial charge in [0.25, 0.3) is 5.91 Å². The smallest absolute Gasteiger partial charge is 0.250 e. The molecule has 0 spiro atoms. The second-order valence-corrected chi connectivity index (χ2v) is 5.63. The Morgan fingerprint density at radius 3 is 2.32 bits per heavy atom. The lowest BCUT2D eigenvalue weighted by Gasteiger charge is -2.20. The Bertz CT molecular complexity index is 512. The highest BCUT2D eigenvalue weighted by molar-refractivity contribution is 5.99. The molecule has 0 radical (unpaired) electrons. The van der Waals surface area contributed by atoms with Crippen molar-refractivity contribution in [1.29, 1.82) is 0 Å². The van der Waals surface area contributed by atoms with E-state index in [9.17, 15) is 9.18 Å². The van der Waals surface area contributed by atoms with E-state index in [-0.39, 0.29) is 11.3 Å². The van der Waals surface area contributed by atoms with Gasteiger partial charge >= 0.3 is 0 Å². The molecular weight excluding hydrogens is 245 g/mol. The van der Waals surface area contributed by atoms with E-state index in [0.29, 0.717) is 23.6 Å². The maximum absolute atomic E-state index is 13.9. The molecule has 1 aromatic rings. The van der Waals surface area contributed by atoms with Gasteiger partial charge in [-0.05, 0) is 49.7 Å². The Labute approximate surface area is 111 Å². The van der Waals surface area contributed by atoms with Crippen molar-refractivity contribution < 1.29 is 9.18 Å². The number of carbonyl (C=O) groups is 1. The molecule has 2 aliphatic rings. The van der Waals surface area contributed by atoms with E-state index < -0.39 is 11.7 Å². The summed E-state index contributed by atoms with van der Waals surface area (Å²) in [6, 6.07) is 2.92. The van der Waals surface area contributed by atoms with E-state index in [1.807, 2.05) is 0 Å². The molecule has 5 heteroatoms. The van der Waals surface area contributed by atoms with Gasteiger partial charge < -0.3 is 16.8 Å². The first kappa shape index (κ1) is 12.3. The van der Waals surface area contributed by atoms with Crippen LogP contribution in [0.1, 0.15) is 36.0 Å². The number of amides is 1. The molecule has 0 saturated heterocycles. The van der Waals surface area contributed by atoms with Crippen LogP contribution < -0.4 is 16.8 Å². The molecule has 2 saturated carbocycles. The summed E-state index contributed by atoms with van der Waals surface area (Å²) in [7, 11) is 0. The number of halogens is 1. The summed E-state index contributed by atoms with van der Waals surface area (Å²) >= 11 is 0. The maximum atomic E-state index is 13.9. The summed E-state index contributed by atoms with van der Waals surface area (Å²) in [5, 5.41) is 3.26. The molecule has 19 heavy (non-hydrogen) atoms. The molecule has 1 amide bonds. The first-order chi connectivity index (χ1) is 9.06. The average molecular weight is 263 g/mol. The molecule has 2 fully saturated rings. The summed E-state index contributed by atoms with van der Waals surface area (Å²) in [4.78, 5) is 11.3. The van der Waals surface area contributed by atoms with Crippen molar-refractivity contribution in [3.05, 3.63) is 23.5 Å². The molecule has 102 valence electrons. The van der Waals surface area contributed by atoms with E-state index in [1.54, 1.807) is 0 Å². The van der Waals surface area contributed by atoms with Gasteiger partial charge in [-0.1, -0.05) is 0 Å². The number of nitrogens with two attached hydrogens (primary N) is 2. The summed E-state index contributed by atoms with van der Waals surface area (Å²) in [6.45, 7) is 0. The Balaban J connectivity index is 1.86. The predicted octanol–water partition coefficient (Wildman–Crippen LogP) is 2.11. The zero-order valence-electron chi connectivity index (χ0n) is 10.7. The van der Waals surface area contributed by atoms with Gasteiger partial charge in [0.2, 0.25) is 0 Å². The molecule has 5 N–H and O–H groups in total. The van der Waals surface area contributed by atoms with Crippen molar-refractivity contribution >= 4 is 17.3 Å². The first-order valence-corrected chi connectivity index (χ1v) is 6.71. The third-order valence-electron chi connectivity index (χ3n) is 3.99. The fourth-order valence-corrected chi connectivity index (χ4v) is 2.62. The topological polar surface area (TPSA) is 81.1 Å². The Morgan fingerprint density at radius 2 is 1.84 bits per heavy atom. The van der Waals surface area contributed by atoms with Crippen LogP contribution in [0.4, 0.5) is 15.8 Å². The van der Waals surface area contributed by atoms with Crippen LogP contribution in [0.5, 0.6) is 0 Å². The molecule has 0 unspecified atom stereocenters. The third-order valence-corrected chi connectivity index (χ3v) is 3.99. The number of carbonyl (C=O) groups excluding carboxylic acids is 1.